The summed E-state index contributed by atoms with van der Waals surface area (Å²) >= 11 is 5.77. The van der Waals surface area contributed by atoms with Crippen molar-refractivity contribution >= 4 is 42.3 Å². The van der Waals surface area contributed by atoms with Crippen molar-refractivity contribution in [1.82, 2.24) is 0 Å². The van der Waals surface area contributed by atoms with Gasteiger partial charge in [0.2, 0.25) is 5.78 Å². The predicted molar refractivity (Wildman–Crippen MR) is 57.1 cm³/mol. The highest BCUT2D eigenvalue weighted by Gasteiger charge is 2.21. The number of hydrogen-bond donors (Lipinski definition) is 0. The van der Waals surface area contributed by atoms with Crippen LogP contribution < -0.4 is 0 Å². The summed E-state index contributed by atoms with van der Waals surface area (Å²) in [5, 5.41) is 0. The maximum Gasteiger partial charge on any atom is 0.265 e. The predicted octanol–water partition coefficient (Wildman–Crippen LogP) is 2.61. The number of rotatable bonds is 3. The van der Waals surface area contributed by atoms with Crippen LogP contribution in [0.1, 0.15) is 10.4 Å². The Bertz CT molecular complexity index is 322. The molecule has 1 atom stereocenters. The van der Waals surface area contributed by atoms with E-state index in [-0.39, 0.29) is 0 Å². The lowest BCUT2D eigenvalue weighted by atomic mass is 10.1. The lowest BCUT2D eigenvalue weighted by Crippen LogP contribution is -2.12. The van der Waals surface area contributed by atoms with Crippen LogP contribution in [-0.2, 0) is 9.59 Å². The monoisotopic (exact) mass is 304 g/mol. The Kier molecular flexibility index (Phi) is 3.81. The van der Waals surface area contributed by atoms with E-state index in [2.05, 4.69) is 31.9 Å². The molecule has 1 rings (SSSR count). The lowest BCUT2D eigenvalue weighted by molar-refractivity contribution is -0.130. The van der Waals surface area contributed by atoms with E-state index in [0.29, 0.717) is 0 Å². The van der Waals surface area contributed by atoms with Crippen molar-refractivity contribution in [3.63, 3.8) is 0 Å². The Hall–Kier alpha value is -0.480. The Morgan fingerprint density at radius 3 is 2.15 bits per heavy atom. The summed E-state index contributed by atoms with van der Waals surface area (Å²) < 4.78 is -0.613. The minimum Gasteiger partial charge on any atom is -0.288 e. The topological polar surface area (TPSA) is 34.1 Å². The molecule has 0 spiro atoms. The summed E-state index contributed by atoms with van der Waals surface area (Å²) in [5.41, 5.74) is 0.778. The number of ketones is 1. The van der Waals surface area contributed by atoms with Crippen molar-refractivity contribution in [2.24, 2.45) is 0 Å². The summed E-state index contributed by atoms with van der Waals surface area (Å²) in [5.74, 6) is -0.494. The maximum atomic E-state index is 11.2. The first-order valence-corrected chi connectivity index (χ1v) is 5.26. The molecule has 1 aromatic rings. The van der Waals surface area contributed by atoms with Crippen molar-refractivity contribution < 1.29 is 9.59 Å². The molecule has 0 aliphatic carbocycles. The first-order chi connectivity index (χ1) is 6.13. The molecule has 2 nitrogen and oxygen atoms in total. The number of benzene rings is 1. The van der Waals surface area contributed by atoms with E-state index < -0.39 is 15.3 Å². The van der Waals surface area contributed by atoms with Crippen molar-refractivity contribution in [1.29, 1.82) is 0 Å². The SMILES string of the molecule is O=C(Br)C(=O)C(Br)c1ccccc1. The molecule has 13 heavy (non-hydrogen) atoms. The van der Waals surface area contributed by atoms with Gasteiger partial charge in [-0.2, -0.15) is 0 Å². The third-order valence-electron chi connectivity index (χ3n) is 1.52. The number of carbonyl (C=O) groups is 2. The Balaban J connectivity index is 2.86. The van der Waals surface area contributed by atoms with Gasteiger partial charge in [0.1, 0.15) is 4.83 Å². The molecule has 0 N–H and O–H groups in total. The Morgan fingerprint density at radius 1 is 1.15 bits per heavy atom. The summed E-state index contributed by atoms with van der Waals surface area (Å²) in [4.78, 5) is 21.3. The fraction of sp³-hybridized carbons (Fsp3) is 0.111. The quantitative estimate of drug-likeness (QED) is 0.489. The average Bonchev–Trinajstić information content (AvgIpc) is 2.17. The molecule has 0 saturated carbocycles. The molecule has 68 valence electrons. The van der Waals surface area contributed by atoms with Gasteiger partial charge in [-0.1, -0.05) is 46.3 Å². The maximum absolute atomic E-state index is 11.2. The van der Waals surface area contributed by atoms with Crippen LogP contribution in [0.2, 0.25) is 0 Å². The van der Waals surface area contributed by atoms with E-state index in [4.69, 9.17) is 0 Å². The largest absolute Gasteiger partial charge is 0.288 e. The molecular formula is C9H6Br2O2. The lowest BCUT2D eigenvalue weighted by Gasteiger charge is -2.04. The summed E-state index contributed by atoms with van der Waals surface area (Å²) in [7, 11) is 0. The zero-order valence-corrected chi connectivity index (χ0v) is 9.71. The molecule has 1 aromatic carbocycles. The average molecular weight is 306 g/mol. The molecular weight excluding hydrogens is 300 g/mol. The van der Waals surface area contributed by atoms with Crippen LogP contribution in [0.25, 0.3) is 0 Å². The molecule has 0 bridgehead atoms. The van der Waals surface area contributed by atoms with Gasteiger partial charge in [0.05, 0.1) is 0 Å². The standard InChI is InChI=1S/C9H6Br2O2/c10-7(8(12)9(11)13)6-4-2-1-3-5-6/h1-5,7H. The van der Waals surface area contributed by atoms with Crippen LogP contribution in [0.5, 0.6) is 0 Å². The van der Waals surface area contributed by atoms with Gasteiger partial charge in [0.15, 0.2) is 0 Å². The normalized spacial score (nSPS) is 12.2. The van der Waals surface area contributed by atoms with E-state index >= 15 is 0 Å². The van der Waals surface area contributed by atoms with Gasteiger partial charge in [-0.3, -0.25) is 9.59 Å². The van der Waals surface area contributed by atoms with E-state index in [1.54, 1.807) is 12.1 Å². The van der Waals surface area contributed by atoms with Crippen molar-refractivity contribution in [2.45, 2.75) is 4.83 Å². The van der Waals surface area contributed by atoms with Crippen LogP contribution in [0.15, 0.2) is 30.3 Å². The van der Waals surface area contributed by atoms with Crippen LogP contribution in [0.4, 0.5) is 0 Å². The molecule has 0 heterocycles. The molecule has 1 unspecified atom stereocenters. The summed E-state index contributed by atoms with van der Waals surface area (Å²) in [6.45, 7) is 0. The highest BCUT2D eigenvalue weighted by Crippen LogP contribution is 2.24. The summed E-state index contributed by atoms with van der Waals surface area (Å²) in [6.07, 6.45) is 0. The van der Waals surface area contributed by atoms with E-state index in [0.717, 1.165) is 5.56 Å². The number of carbonyl (C=O) groups excluding carboxylic acids is 2. The second kappa shape index (κ2) is 4.67. The highest BCUT2D eigenvalue weighted by molar-refractivity contribution is 9.19. The fourth-order valence-corrected chi connectivity index (χ4v) is 1.92. The number of alkyl halides is 1. The molecule has 0 saturated heterocycles. The third kappa shape index (κ3) is 2.74. The van der Waals surface area contributed by atoms with Gasteiger partial charge in [-0.25, -0.2) is 0 Å². The van der Waals surface area contributed by atoms with E-state index in [1.807, 2.05) is 18.2 Å². The van der Waals surface area contributed by atoms with Crippen LogP contribution in [-0.4, -0.2) is 10.5 Å². The van der Waals surface area contributed by atoms with Crippen molar-refractivity contribution in [3.05, 3.63) is 35.9 Å². The smallest absolute Gasteiger partial charge is 0.265 e. The Morgan fingerprint density at radius 2 is 1.69 bits per heavy atom. The van der Waals surface area contributed by atoms with E-state index in [1.165, 1.54) is 0 Å². The molecule has 0 aliphatic heterocycles. The van der Waals surface area contributed by atoms with Crippen LogP contribution >= 0.6 is 31.9 Å². The van der Waals surface area contributed by atoms with Crippen LogP contribution in [0, 0.1) is 0 Å². The molecule has 4 heteroatoms. The minimum atomic E-state index is -0.613. The van der Waals surface area contributed by atoms with E-state index in [9.17, 15) is 9.59 Å². The Labute approximate surface area is 92.6 Å². The zero-order chi connectivity index (χ0) is 9.84. The number of Topliss-reactive ketones (excluding diaryl/α,β-unsaturated/α-hetero) is 1. The molecule has 0 radical (unpaired) electrons. The first-order valence-electron chi connectivity index (χ1n) is 3.55. The first kappa shape index (κ1) is 10.6. The zero-order valence-electron chi connectivity index (χ0n) is 6.54. The second-order valence-electron chi connectivity index (χ2n) is 2.41. The van der Waals surface area contributed by atoms with Gasteiger partial charge in [-0.05, 0) is 5.56 Å². The van der Waals surface area contributed by atoms with Crippen molar-refractivity contribution in [3.8, 4) is 0 Å². The molecule has 0 fully saturated rings. The van der Waals surface area contributed by atoms with Crippen molar-refractivity contribution in [2.75, 3.05) is 0 Å². The van der Waals surface area contributed by atoms with Crippen LogP contribution in [0.3, 0.4) is 0 Å². The molecule has 0 amide bonds. The molecule has 0 aliphatic rings. The highest BCUT2D eigenvalue weighted by atomic mass is 79.9. The third-order valence-corrected chi connectivity index (χ3v) is 2.85. The molecule has 0 aromatic heterocycles. The van der Waals surface area contributed by atoms with Gasteiger partial charge in [0.25, 0.3) is 4.69 Å². The number of halogens is 2. The minimum absolute atomic E-state index is 0.494. The fourth-order valence-electron chi connectivity index (χ4n) is 0.873. The number of hydrogen-bond acceptors (Lipinski definition) is 2. The second-order valence-corrected chi connectivity index (χ2v) is 4.05. The van der Waals surface area contributed by atoms with Gasteiger partial charge in [0, 0.05) is 15.9 Å². The van der Waals surface area contributed by atoms with Gasteiger partial charge < -0.3 is 0 Å². The van der Waals surface area contributed by atoms with Gasteiger partial charge >= 0.3 is 0 Å². The summed E-state index contributed by atoms with van der Waals surface area (Å²) in [6, 6.07) is 9.05. The van der Waals surface area contributed by atoms with Gasteiger partial charge in [-0.15, -0.1) is 0 Å².